The number of hydrogen-bond donors (Lipinski definition) is 1. The van der Waals surface area contributed by atoms with Crippen molar-refractivity contribution < 1.29 is 24.2 Å². The van der Waals surface area contributed by atoms with Crippen molar-refractivity contribution in [3.8, 4) is 0 Å². The molecule has 0 spiro atoms. The summed E-state index contributed by atoms with van der Waals surface area (Å²) in [7, 11) is 0. The van der Waals surface area contributed by atoms with E-state index in [-0.39, 0.29) is 17.3 Å². The summed E-state index contributed by atoms with van der Waals surface area (Å²) in [6.07, 6.45) is 3.24. The number of thioether (sulfide) groups is 2. The zero-order valence-electron chi connectivity index (χ0n) is 12.8. The highest BCUT2D eigenvalue weighted by atomic mass is 32.2. The summed E-state index contributed by atoms with van der Waals surface area (Å²) in [6.45, 7) is 1.78. The third-order valence-corrected chi connectivity index (χ3v) is 7.28. The van der Waals surface area contributed by atoms with Gasteiger partial charge in [0.1, 0.15) is 4.34 Å². The molecule has 132 valence electrons. The lowest BCUT2D eigenvalue weighted by Crippen LogP contribution is -2.44. The van der Waals surface area contributed by atoms with Crippen molar-refractivity contribution in [2.45, 2.75) is 21.2 Å². The number of rotatable bonds is 7. The van der Waals surface area contributed by atoms with Crippen LogP contribution in [0.1, 0.15) is 6.92 Å². The molecule has 2 aromatic rings. The molecule has 0 aliphatic carbocycles. The molecule has 0 radical (unpaired) electrons. The fourth-order valence-electron chi connectivity index (χ4n) is 2.00. The molecule has 0 saturated carbocycles. The Morgan fingerprint density at radius 2 is 2.00 bits per heavy atom. The summed E-state index contributed by atoms with van der Waals surface area (Å²) >= 11 is 5.01. The molecule has 2 aromatic heterocycles. The van der Waals surface area contributed by atoms with Crippen molar-refractivity contribution in [1.29, 1.82) is 0 Å². The highest BCUT2D eigenvalue weighted by Gasteiger charge is 2.56. The zero-order valence-corrected chi connectivity index (χ0v) is 16.1. The first kappa shape index (κ1) is 18.2. The molecule has 1 aliphatic heterocycles. The van der Waals surface area contributed by atoms with Crippen LogP contribution < -0.4 is 0 Å². The second-order valence-corrected chi connectivity index (χ2v) is 8.87. The molecule has 7 nitrogen and oxygen atoms in total. The van der Waals surface area contributed by atoms with Gasteiger partial charge < -0.3 is 14.6 Å². The highest BCUT2D eigenvalue weighted by molar-refractivity contribution is 8.05. The number of carbonyl (C=O) groups is 2. The fraction of sp³-hybridized carbons (Fsp3) is 0.286. The number of nitrogens with zero attached hydrogens (tertiary/aromatic N) is 2. The zero-order chi connectivity index (χ0) is 17.9. The van der Waals surface area contributed by atoms with E-state index >= 15 is 0 Å². The standard InChI is InChI=1S/C14H12N2O5S4/c1-2-20-11(19)14(7-24-12-15-3-5-22-12)9(8(17)10(18)21-14)25-13-16-4-6-23-13/h3-6,17H,2,7H2,1H3. The van der Waals surface area contributed by atoms with Crippen LogP contribution in [0.4, 0.5) is 0 Å². The van der Waals surface area contributed by atoms with Crippen molar-refractivity contribution in [2.24, 2.45) is 0 Å². The van der Waals surface area contributed by atoms with Gasteiger partial charge in [0.05, 0.1) is 17.3 Å². The molecule has 25 heavy (non-hydrogen) atoms. The number of thiazole rings is 2. The summed E-state index contributed by atoms with van der Waals surface area (Å²) in [4.78, 5) is 33.0. The Morgan fingerprint density at radius 3 is 2.60 bits per heavy atom. The lowest BCUT2D eigenvalue weighted by molar-refractivity contribution is -0.169. The van der Waals surface area contributed by atoms with Crippen LogP contribution >= 0.6 is 46.2 Å². The van der Waals surface area contributed by atoms with Crippen LogP contribution in [0.3, 0.4) is 0 Å². The van der Waals surface area contributed by atoms with E-state index in [9.17, 15) is 14.7 Å². The molecule has 1 aliphatic rings. The predicted octanol–water partition coefficient (Wildman–Crippen LogP) is 3.11. The Hall–Kier alpha value is -1.56. The van der Waals surface area contributed by atoms with Gasteiger partial charge in [0.2, 0.25) is 5.76 Å². The van der Waals surface area contributed by atoms with Crippen LogP contribution in [-0.4, -0.2) is 45.0 Å². The maximum atomic E-state index is 12.7. The molecule has 1 N–H and O–H groups in total. The SMILES string of the molecule is CCOC(=O)C1(CSc2nccs2)OC(=O)C(O)=C1Sc1nccs1. The van der Waals surface area contributed by atoms with E-state index in [2.05, 4.69) is 9.97 Å². The summed E-state index contributed by atoms with van der Waals surface area (Å²) in [5.41, 5.74) is -1.72. The van der Waals surface area contributed by atoms with Gasteiger partial charge in [-0.25, -0.2) is 19.6 Å². The van der Waals surface area contributed by atoms with Crippen molar-refractivity contribution in [3.05, 3.63) is 33.8 Å². The van der Waals surface area contributed by atoms with Crippen LogP contribution in [0.5, 0.6) is 0 Å². The maximum Gasteiger partial charge on any atom is 0.375 e. The average Bonchev–Trinajstić information content (AvgIpc) is 3.32. The number of aliphatic hydroxyl groups excluding tert-OH is 1. The van der Waals surface area contributed by atoms with Gasteiger partial charge in [-0.2, -0.15) is 0 Å². The van der Waals surface area contributed by atoms with E-state index in [4.69, 9.17) is 9.47 Å². The highest BCUT2D eigenvalue weighted by Crippen LogP contribution is 2.46. The quantitative estimate of drug-likeness (QED) is 0.539. The largest absolute Gasteiger partial charge is 0.501 e. The molecule has 0 fully saturated rings. The summed E-state index contributed by atoms with van der Waals surface area (Å²) < 4.78 is 11.7. The molecule has 3 rings (SSSR count). The van der Waals surface area contributed by atoms with Crippen LogP contribution in [0.2, 0.25) is 0 Å². The van der Waals surface area contributed by atoms with Crippen molar-refractivity contribution in [3.63, 3.8) is 0 Å². The Morgan fingerprint density at radius 1 is 1.32 bits per heavy atom. The molecular formula is C14H12N2O5S4. The number of ether oxygens (including phenoxy) is 2. The number of carbonyl (C=O) groups excluding carboxylic acids is 2. The first-order valence-corrected chi connectivity index (χ1v) is 10.6. The number of cyclic esters (lactones) is 1. The monoisotopic (exact) mass is 416 g/mol. The Labute approximate surface area is 159 Å². The smallest absolute Gasteiger partial charge is 0.375 e. The Kier molecular flexibility index (Phi) is 5.67. The summed E-state index contributed by atoms with van der Waals surface area (Å²) in [5, 5.41) is 13.8. The van der Waals surface area contributed by atoms with E-state index in [0.717, 1.165) is 11.8 Å². The topological polar surface area (TPSA) is 98.6 Å². The van der Waals surface area contributed by atoms with Crippen molar-refractivity contribution in [2.75, 3.05) is 12.4 Å². The number of esters is 2. The number of aromatic nitrogens is 2. The minimum Gasteiger partial charge on any atom is -0.501 e. The lowest BCUT2D eigenvalue weighted by atomic mass is 10.1. The fourth-order valence-corrected chi connectivity index (χ4v) is 5.65. The summed E-state index contributed by atoms with van der Waals surface area (Å²) in [5.74, 6) is -2.22. The van der Waals surface area contributed by atoms with Gasteiger partial charge >= 0.3 is 11.9 Å². The Balaban J connectivity index is 1.95. The van der Waals surface area contributed by atoms with Gasteiger partial charge in [-0.15, -0.1) is 22.7 Å². The second kappa shape index (κ2) is 7.77. The van der Waals surface area contributed by atoms with Gasteiger partial charge in [-0.1, -0.05) is 23.5 Å². The van der Waals surface area contributed by atoms with E-state index in [1.165, 1.54) is 34.4 Å². The molecular weight excluding hydrogens is 404 g/mol. The van der Waals surface area contributed by atoms with Gasteiger partial charge in [-0.05, 0) is 6.92 Å². The van der Waals surface area contributed by atoms with Gasteiger partial charge in [0.25, 0.3) is 5.60 Å². The third kappa shape index (κ3) is 3.68. The van der Waals surface area contributed by atoms with E-state index in [0.29, 0.717) is 8.68 Å². The summed E-state index contributed by atoms with van der Waals surface area (Å²) in [6, 6.07) is 0. The van der Waals surface area contributed by atoms with Crippen LogP contribution in [0, 0.1) is 0 Å². The van der Waals surface area contributed by atoms with Crippen molar-refractivity contribution in [1.82, 2.24) is 9.97 Å². The van der Waals surface area contributed by atoms with Crippen LogP contribution in [0.25, 0.3) is 0 Å². The third-order valence-electron chi connectivity index (χ3n) is 3.05. The minimum absolute atomic E-state index is 0.0445. The van der Waals surface area contributed by atoms with Crippen LogP contribution in [0.15, 0.2) is 42.5 Å². The van der Waals surface area contributed by atoms with Gasteiger partial charge in [0, 0.05) is 23.2 Å². The molecule has 0 saturated heterocycles. The number of aliphatic hydroxyl groups is 1. The molecule has 1 unspecified atom stereocenters. The minimum atomic E-state index is -1.72. The lowest BCUT2D eigenvalue weighted by Gasteiger charge is -2.26. The Bertz CT molecular complexity index is 790. The molecule has 3 heterocycles. The first-order chi connectivity index (χ1) is 12.1. The van der Waals surface area contributed by atoms with Crippen molar-refractivity contribution >= 4 is 58.1 Å². The van der Waals surface area contributed by atoms with Gasteiger partial charge in [-0.3, -0.25) is 0 Å². The normalized spacial score (nSPS) is 20.0. The molecule has 11 heteroatoms. The molecule has 0 aromatic carbocycles. The maximum absolute atomic E-state index is 12.7. The molecule has 1 atom stereocenters. The average molecular weight is 417 g/mol. The van der Waals surface area contributed by atoms with E-state index < -0.39 is 23.3 Å². The molecule has 0 amide bonds. The van der Waals surface area contributed by atoms with E-state index in [1.807, 2.05) is 0 Å². The number of hydrogen-bond acceptors (Lipinski definition) is 11. The predicted molar refractivity (Wildman–Crippen MR) is 95.9 cm³/mol. The first-order valence-electron chi connectivity index (χ1n) is 7.00. The van der Waals surface area contributed by atoms with Gasteiger partial charge in [0.15, 0.2) is 4.34 Å². The molecule has 0 bridgehead atoms. The second-order valence-electron chi connectivity index (χ2n) is 4.60. The van der Waals surface area contributed by atoms with Crippen LogP contribution in [-0.2, 0) is 19.1 Å². The van der Waals surface area contributed by atoms with E-state index in [1.54, 1.807) is 30.1 Å².